The van der Waals surface area contributed by atoms with Crippen LogP contribution in [0.15, 0.2) is 86.4 Å². The molecule has 0 radical (unpaired) electrons. The highest BCUT2D eigenvalue weighted by Crippen LogP contribution is 2.23. The highest BCUT2D eigenvalue weighted by Gasteiger charge is 2.07. The number of hydrogen-bond acceptors (Lipinski definition) is 5. The fourth-order valence-electron chi connectivity index (χ4n) is 3.80. The second-order valence-electron chi connectivity index (χ2n) is 7.82. The van der Waals surface area contributed by atoms with Gasteiger partial charge in [-0.3, -0.25) is 4.98 Å². The lowest BCUT2D eigenvalue weighted by Crippen LogP contribution is -2.24. The molecular formula is C27H24N6O. The van der Waals surface area contributed by atoms with E-state index in [0.717, 1.165) is 56.2 Å². The molecule has 7 nitrogen and oxygen atoms in total. The van der Waals surface area contributed by atoms with Crippen molar-refractivity contribution in [3.63, 3.8) is 0 Å². The number of pyridine rings is 2. The van der Waals surface area contributed by atoms with Crippen LogP contribution in [-0.2, 0) is 6.54 Å². The molecule has 0 bridgehead atoms. The summed E-state index contributed by atoms with van der Waals surface area (Å²) in [4.78, 5) is 16.1. The van der Waals surface area contributed by atoms with Gasteiger partial charge < -0.3 is 20.0 Å². The number of H-pyrrole nitrogens is 1. The maximum absolute atomic E-state index is 5.90. The van der Waals surface area contributed by atoms with Gasteiger partial charge in [-0.25, -0.2) is 9.97 Å². The van der Waals surface area contributed by atoms with Crippen LogP contribution in [0, 0.1) is 0 Å². The smallest absolute Gasteiger partial charge is 0.138 e. The molecule has 0 fully saturated rings. The number of nitrogens with zero attached hydrogens (tertiary/aromatic N) is 4. The SMILES string of the molecule is C=C(/C=c1\c(=C/N)[nH]c2ncc(-c3ccc(OCCn4ccnc4)cc3)cc12)c1cccnc1. The first kappa shape index (κ1) is 21.2. The third-order valence-electron chi connectivity index (χ3n) is 5.60. The van der Waals surface area contributed by atoms with Gasteiger partial charge in [-0.15, -0.1) is 0 Å². The summed E-state index contributed by atoms with van der Waals surface area (Å²) in [6.07, 6.45) is 14.4. The molecule has 168 valence electrons. The standard InChI is InChI=1S/C27H24N6O/c1-19(21-3-2-8-29-16-21)13-24-25-14-22(17-31-27(25)32-26(24)15-28)20-4-6-23(7-5-20)34-12-11-33-10-9-30-18-33/h2-10,13-18H,1,11-12,28H2,(H,31,32)/b24-13-,26-15+. The minimum absolute atomic E-state index is 0.574. The lowest BCUT2D eigenvalue weighted by molar-refractivity contribution is 0.298. The summed E-state index contributed by atoms with van der Waals surface area (Å²) in [5.74, 6) is 0.821. The van der Waals surface area contributed by atoms with Crippen molar-refractivity contribution in [3.8, 4) is 16.9 Å². The third kappa shape index (κ3) is 4.45. The Morgan fingerprint density at radius 2 is 1.97 bits per heavy atom. The average molecular weight is 449 g/mol. The van der Waals surface area contributed by atoms with E-state index in [1.54, 1.807) is 31.1 Å². The summed E-state index contributed by atoms with van der Waals surface area (Å²) < 4.78 is 7.84. The molecule has 1 aromatic carbocycles. The molecule has 5 rings (SSSR count). The normalized spacial score (nSPS) is 12.4. The molecule has 0 saturated carbocycles. The van der Waals surface area contributed by atoms with Crippen molar-refractivity contribution in [2.75, 3.05) is 6.61 Å². The Labute approximate surface area is 196 Å². The molecule has 0 aliphatic heterocycles. The number of rotatable bonds is 7. The molecule has 0 aliphatic rings. The number of benzene rings is 1. The molecule has 4 aromatic heterocycles. The second kappa shape index (κ2) is 9.46. The zero-order valence-corrected chi connectivity index (χ0v) is 18.6. The van der Waals surface area contributed by atoms with Crippen LogP contribution in [0.4, 0.5) is 0 Å². The molecular weight excluding hydrogens is 424 g/mol. The molecule has 4 heterocycles. The molecule has 0 spiro atoms. The van der Waals surface area contributed by atoms with Gasteiger partial charge in [0.15, 0.2) is 0 Å². The van der Waals surface area contributed by atoms with Crippen LogP contribution in [0.5, 0.6) is 5.75 Å². The molecule has 0 atom stereocenters. The van der Waals surface area contributed by atoms with Gasteiger partial charge in [-0.2, -0.15) is 0 Å². The Balaban J connectivity index is 1.43. The number of aromatic nitrogens is 5. The van der Waals surface area contributed by atoms with Gasteiger partial charge in [0.2, 0.25) is 0 Å². The van der Waals surface area contributed by atoms with E-state index in [2.05, 4.69) is 32.6 Å². The zero-order valence-electron chi connectivity index (χ0n) is 18.6. The first-order chi connectivity index (χ1) is 16.7. The van der Waals surface area contributed by atoms with E-state index in [9.17, 15) is 0 Å². The van der Waals surface area contributed by atoms with E-state index in [1.165, 1.54) is 0 Å². The largest absolute Gasteiger partial charge is 0.492 e. The highest BCUT2D eigenvalue weighted by molar-refractivity contribution is 5.92. The highest BCUT2D eigenvalue weighted by atomic mass is 16.5. The van der Waals surface area contributed by atoms with Crippen LogP contribution >= 0.6 is 0 Å². The van der Waals surface area contributed by atoms with Gasteiger partial charge in [0.05, 0.1) is 18.2 Å². The molecule has 0 saturated heterocycles. The van der Waals surface area contributed by atoms with Gasteiger partial charge in [0, 0.05) is 53.4 Å². The van der Waals surface area contributed by atoms with E-state index in [-0.39, 0.29) is 0 Å². The third-order valence-corrected chi connectivity index (χ3v) is 5.60. The topological polar surface area (TPSA) is 94.6 Å². The average Bonchev–Trinajstić information content (AvgIpc) is 3.52. The number of nitrogens with two attached hydrogens (primary N) is 1. The van der Waals surface area contributed by atoms with Gasteiger partial charge in [-0.05, 0) is 47.0 Å². The number of ether oxygens (including phenoxy) is 1. The summed E-state index contributed by atoms with van der Waals surface area (Å²) in [5.41, 5.74) is 10.5. The van der Waals surface area contributed by atoms with Crippen LogP contribution in [0.3, 0.4) is 0 Å². The first-order valence-electron chi connectivity index (χ1n) is 10.9. The van der Waals surface area contributed by atoms with Gasteiger partial charge in [-0.1, -0.05) is 24.8 Å². The lowest BCUT2D eigenvalue weighted by Gasteiger charge is -2.08. The van der Waals surface area contributed by atoms with Crippen molar-refractivity contribution < 1.29 is 4.74 Å². The monoisotopic (exact) mass is 448 g/mol. The Morgan fingerprint density at radius 3 is 2.71 bits per heavy atom. The van der Waals surface area contributed by atoms with Crippen LogP contribution in [0.25, 0.3) is 40.0 Å². The minimum atomic E-state index is 0.574. The number of fused-ring (bicyclic) bond motifs is 1. The Hall–Kier alpha value is -4.65. The molecule has 34 heavy (non-hydrogen) atoms. The molecule has 5 aromatic rings. The lowest BCUT2D eigenvalue weighted by atomic mass is 10.0. The van der Waals surface area contributed by atoms with Crippen LogP contribution < -0.4 is 21.0 Å². The number of nitrogens with one attached hydrogen (secondary N) is 1. The number of imidazole rings is 1. The van der Waals surface area contributed by atoms with Crippen molar-refractivity contribution in [1.29, 1.82) is 0 Å². The van der Waals surface area contributed by atoms with Gasteiger partial charge >= 0.3 is 0 Å². The van der Waals surface area contributed by atoms with Crippen molar-refractivity contribution in [2.24, 2.45) is 5.73 Å². The maximum atomic E-state index is 5.90. The van der Waals surface area contributed by atoms with E-state index < -0.39 is 0 Å². The van der Waals surface area contributed by atoms with Crippen LogP contribution in [-0.4, -0.2) is 31.1 Å². The summed E-state index contributed by atoms with van der Waals surface area (Å²) in [7, 11) is 0. The summed E-state index contributed by atoms with van der Waals surface area (Å²) >= 11 is 0. The summed E-state index contributed by atoms with van der Waals surface area (Å²) in [5, 5.41) is 2.71. The Morgan fingerprint density at radius 1 is 1.09 bits per heavy atom. The Bertz CT molecular complexity index is 1540. The first-order valence-corrected chi connectivity index (χ1v) is 10.9. The molecule has 7 heteroatoms. The minimum Gasteiger partial charge on any atom is -0.492 e. The second-order valence-corrected chi connectivity index (χ2v) is 7.82. The Kier molecular flexibility index (Phi) is 5.90. The van der Waals surface area contributed by atoms with Crippen molar-refractivity contribution >= 4 is 28.9 Å². The summed E-state index contributed by atoms with van der Waals surface area (Å²) in [6, 6.07) is 14.0. The van der Waals surface area contributed by atoms with E-state index in [1.807, 2.05) is 59.4 Å². The van der Waals surface area contributed by atoms with Crippen LogP contribution in [0.1, 0.15) is 5.56 Å². The van der Waals surface area contributed by atoms with E-state index >= 15 is 0 Å². The van der Waals surface area contributed by atoms with Gasteiger partial charge in [0.25, 0.3) is 0 Å². The fourth-order valence-corrected chi connectivity index (χ4v) is 3.80. The van der Waals surface area contributed by atoms with Crippen molar-refractivity contribution in [3.05, 3.63) is 102 Å². The van der Waals surface area contributed by atoms with E-state index in [4.69, 9.17) is 10.5 Å². The van der Waals surface area contributed by atoms with E-state index in [0.29, 0.717) is 6.61 Å². The van der Waals surface area contributed by atoms with Gasteiger partial charge in [0.1, 0.15) is 18.0 Å². The zero-order chi connectivity index (χ0) is 23.3. The number of aromatic amines is 1. The molecule has 0 unspecified atom stereocenters. The summed E-state index contributed by atoms with van der Waals surface area (Å²) in [6.45, 7) is 5.53. The molecule has 3 N–H and O–H groups in total. The quantitative estimate of drug-likeness (QED) is 0.399. The fraction of sp³-hybridized carbons (Fsp3) is 0.0741. The number of allylic oxidation sites excluding steroid dienone is 1. The maximum Gasteiger partial charge on any atom is 0.138 e. The van der Waals surface area contributed by atoms with Crippen molar-refractivity contribution in [1.82, 2.24) is 24.5 Å². The predicted molar refractivity (Wildman–Crippen MR) is 135 cm³/mol. The molecule has 0 aliphatic carbocycles. The molecule has 0 amide bonds. The van der Waals surface area contributed by atoms with Crippen molar-refractivity contribution in [2.45, 2.75) is 6.54 Å². The number of hydrogen-bond donors (Lipinski definition) is 2. The predicted octanol–water partition coefficient (Wildman–Crippen LogP) is 3.09. The van der Waals surface area contributed by atoms with Crippen LogP contribution in [0.2, 0.25) is 0 Å².